The SMILES string of the molecule is CC(C)(C(=O)O)[C@H]1c2ccccc2Oc2nc(Cl)ccc21.CC(C)(C(N)=O)[C@H]1c2ccccc2Oc2nc(Cl)ccc21. The monoisotopic (exact) mass is 605 g/mol. The van der Waals surface area contributed by atoms with E-state index in [9.17, 15) is 14.7 Å². The first-order valence-corrected chi connectivity index (χ1v) is 14.0. The van der Waals surface area contributed by atoms with E-state index >= 15 is 0 Å². The molecule has 2 aromatic heterocycles. The van der Waals surface area contributed by atoms with Gasteiger partial charge in [-0.15, -0.1) is 0 Å². The molecule has 6 rings (SSSR count). The molecular weight excluding hydrogens is 577 g/mol. The number of para-hydroxylation sites is 2. The van der Waals surface area contributed by atoms with Crippen LogP contribution in [0.1, 0.15) is 61.8 Å². The number of pyridine rings is 2. The van der Waals surface area contributed by atoms with Gasteiger partial charge < -0.3 is 20.3 Å². The quantitative estimate of drug-likeness (QED) is 0.230. The van der Waals surface area contributed by atoms with Gasteiger partial charge in [0.1, 0.15) is 21.8 Å². The van der Waals surface area contributed by atoms with E-state index in [2.05, 4.69) is 9.97 Å². The van der Waals surface area contributed by atoms with Crippen molar-refractivity contribution >= 4 is 35.1 Å². The van der Waals surface area contributed by atoms with Crippen LogP contribution in [0.15, 0.2) is 72.8 Å². The summed E-state index contributed by atoms with van der Waals surface area (Å²) in [6, 6.07) is 22.0. The van der Waals surface area contributed by atoms with E-state index in [1.807, 2.05) is 68.4 Å². The minimum atomic E-state index is -0.996. The summed E-state index contributed by atoms with van der Waals surface area (Å²) >= 11 is 11.9. The van der Waals surface area contributed by atoms with Gasteiger partial charge in [0.2, 0.25) is 17.7 Å². The maximum Gasteiger partial charge on any atom is 0.310 e. The number of ether oxygens (including phenoxy) is 2. The van der Waals surface area contributed by atoms with Crippen molar-refractivity contribution in [1.29, 1.82) is 0 Å². The van der Waals surface area contributed by atoms with Crippen molar-refractivity contribution in [3.8, 4) is 23.3 Å². The highest BCUT2D eigenvalue weighted by Crippen LogP contribution is 2.52. The summed E-state index contributed by atoms with van der Waals surface area (Å²) in [6.45, 7) is 7.09. The molecule has 3 N–H and O–H groups in total. The maximum atomic E-state index is 11.9. The van der Waals surface area contributed by atoms with Gasteiger partial charge >= 0.3 is 5.97 Å². The van der Waals surface area contributed by atoms with Crippen molar-refractivity contribution in [1.82, 2.24) is 9.97 Å². The summed E-state index contributed by atoms with van der Waals surface area (Å²) in [4.78, 5) is 32.1. The molecule has 0 bridgehead atoms. The van der Waals surface area contributed by atoms with Crippen LogP contribution in [0.4, 0.5) is 0 Å². The highest BCUT2D eigenvalue weighted by molar-refractivity contribution is 6.29. The van der Waals surface area contributed by atoms with Crippen LogP contribution < -0.4 is 15.2 Å². The summed E-state index contributed by atoms with van der Waals surface area (Å²) in [5.41, 5.74) is 7.19. The van der Waals surface area contributed by atoms with Crippen LogP contribution in [-0.2, 0) is 9.59 Å². The number of amides is 1. The second-order valence-corrected chi connectivity index (χ2v) is 12.1. The van der Waals surface area contributed by atoms with Crippen molar-refractivity contribution < 1.29 is 24.2 Å². The normalized spacial score (nSPS) is 16.6. The second-order valence-electron chi connectivity index (χ2n) is 11.3. The van der Waals surface area contributed by atoms with E-state index < -0.39 is 16.8 Å². The van der Waals surface area contributed by atoms with Gasteiger partial charge in [-0.25, -0.2) is 9.97 Å². The van der Waals surface area contributed by atoms with Crippen LogP contribution in [0, 0.1) is 10.8 Å². The Morgan fingerprint density at radius 3 is 1.50 bits per heavy atom. The number of rotatable bonds is 4. The van der Waals surface area contributed by atoms with E-state index in [4.69, 9.17) is 38.4 Å². The standard InChI is InChI=1S/C16H15ClN2O2.C16H14ClNO3/c1-16(2,15(18)20)13-9-5-3-4-6-11(9)21-14-10(13)7-8-12(17)19-14;1-16(2,15(19)20)13-9-5-3-4-6-11(9)21-14-10(13)7-8-12(17)18-14/h3-8,13H,1-2H3,(H2,18,20);3-8,13H,1-2H3,(H,19,20)/t2*13-/m00/s1. The molecule has 2 aliphatic heterocycles. The number of fused-ring (bicyclic) bond motifs is 4. The van der Waals surface area contributed by atoms with Crippen molar-refractivity contribution in [2.24, 2.45) is 16.6 Å². The number of aromatic nitrogens is 2. The fourth-order valence-electron chi connectivity index (χ4n) is 5.45. The molecule has 8 nitrogen and oxygen atoms in total. The highest BCUT2D eigenvalue weighted by atomic mass is 35.5. The van der Waals surface area contributed by atoms with Gasteiger partial charge in [-0.1, -0.05) is 73.4 Å². The third kappa shape index (κ3) is 5.16. The Morgan fingerprint density at radius 2 is 1.10 bits per heavy atom. The number of carbonyl (C=O) groups is 2. The van der Waals surface area contributed by atoms with Crippen molar-refractivity contribution in [3.63, 3.8) is 0 Å². The van der Waals surface area contributed by atoms with Gasteiger partial charge in [0, 0.05) is 34.1 Å². The van der Waals surface area contributed by atoms with Crippen molar-refractivity contribution in [3.05, 3.63) is 105 Å². The Kier molecular flexibility index (Phi) is 7.64. The first kappa shape index (κ1) is 29.4. The number of nitrogens with two attached hydrogens (primary N) is 1. The molecular formula is C32H29Cl2N3O5. The number of benzene rings is 2. The molecule has 2 atom stereocenters. The van der Waals surface area contributed by atoms with Crippen LogP contribution >= 0.6 is 23.2 Å². The van der Waals surface area contributed by atoms with Crippen LogP contribution in [0.2, 0.25) is 10.3 Å². The van der Waals surface area contributed by atoms with Gasteiger partial charge in [-0.05, 0) is 50.2 Å². The number of nitrogens with zero attached hydrogens (tertiary/aromatic N) is 2. The number of carboxylic acid groups (broad SMARTS) is 1. The summed E-state index contributed by atoms with van der Waals surface area (Å²) in [5.74, 6) is 0.300. The summed E-state index contributed by atoms with van der Waals surface area (Å²) < 4.78 is 11.6. The number of hydrogen-bond acceptors (Lipinski definition) is 6. The molecule has 4 heterocycles. The fourth-order valence-corrected chi connectivity index (χ4v) is 5.73. The third-order valence-electron chi connectivity index (χ3n) is 7.84. The Labute approximate surface area is 253 Å². The minimum absolute atomic E-state index is 0.222. The average Bonchev–Trinajstić information content (AvgIpc) is 2.94. The lowest BCUT2D eigenvalue weighted by molar-refractivity contribution is -0.147. The molecule has 2 aromatic carbocycles. The number of carbonyl (C=O) groups excluding carboxylic acids is 1. The molecule has 0 saturated heterocycles. The van der Waals surface area contributed by atoms with E-state index in [1.54, 1.807) is 32.0 Å². The molecule has 42 heavy (non-hydrogen) atoms. The molecule has 0 unspecified atom stereocenters. The lowest BCUT2D eigenvalue weighted by atomic mass is 9.70. The molecule has 216 valence electrons. The predicted molar refractivity (Wildman–Crippen MR) is 160 cm³/mol. The van der Waals surface area contributed by atoms with Gasteiger partial charge in [0.05, 0.1) is 10.8 Å². The smallest absolute Gasteiger partial charge is 0.310 e. The molecule has 0 radical (unpaired) electrons. The van der Waals surface area contributed by atoms with Gasteiger partial charge in [-0.3, -0.25) is 9.59 Å². The number of hydrogen-bond donors (Lipinski definition) is 2. The zero-order valence-electron chi connectivity index (χ0n) is 23.4. The van der Waals surface area contributed by atoms with Crippen LogP contribution in [0.5, 0.6) is 23.3 Å². The second kappa shape index (κ2) is 10.9. The van der Waals surface area contributed by atoms with E-state index in [0.29, 0.717) is 33.6 Å². The largest absolute Gasteiger partial charge is 0.481 e. The Balaban J connectivity index is 0.000000168. The first-order chi connectivity index (χ1) is 19.8. The van der Waals surface area contributed by atoms with Gasteiger partial charge in [0.25, 0.3) is 0 Å². The summed E-state index contributed by atoms with van der Waals surface area (Å²) in [6.07, 6.45) is 0. The Hall–Kier alpha value is -4.14. The molecule has 0 saturated carbocycles. The van der Waals surface area contributed by atoms with Crippen molar-refractivity contribution in [2.45, 2.75) is 39.5 Å². The first-order valence-electron chi connectivity index (χ1n) is 13.2. The highest BCUT2D eigenvalue weighted by Gasteiger charge is 2.44. The summed E-state index contributed by atoms with van der Waals surface area (Å²) in [7, 11) is 0. The number of halogens is 2. The Bertz CT molecular complexity index is 1580. The average molecular weight is 607 g/mol. The Morgan fingerprint density at radius 1 is 0.690 bits per heavy atom. The van der Waals surface area contributed by atoms with Crippen molar-refractivity contribution in [2.75, 3.05) is 0 Å². The summed E-state index contributed by atoms with van der Waals surface area (Å²) in [5, 5.41) is 10.3. The molecule has 0 aliphatic carbocycles. The van der Waals surface area contributed by atoms with E-state index in [1.165, 1.54) is 0 Å². The van der Waals surface area contributed by atoms with Crippen LogP contribution in [0.3, 0.4) is 0 Å². The molecule has 0 spiro atoms. The molecule has 10 heteroatoms. The van der Waals surface area contributed by atoms with Crippen LogP contribution in [0.25, 0.3) is 0 Å². The minimum Gasteiger partial charge on any atom is -0.481 e. The maximum absolute atomic E-state index is 11.9. The zero-order chi connectivity index (χ0) is 30.4. The molecule has 4 aromatic rings. The predicted octanol–water partition coefficient (Wildman–Crippen LogP) is 7.57. The lowest BCUT2D eigenvalue weighted by Gasteiger charge is -2.36. The molecule has 0 fully saturated rings. The molecule has 1 amide bonds. The van der Waals surface area contributed by atoms with E-state index in [0.717, 1.165) is 22.3 Å². The van der Waals surface area contributed by atoms with Gasteiger partial charge in [-0.2, -0.15) is 0 Å². The van der Waals surface area contributed by atoms with E-state index in [-0.39, 0.29) is 17.7 Å². The number of aliphatic carboxylic acids is 1. The molecule has 2 aliphatic rings. The number of primary amides is 1. The third-order valence-corrected chi connectivity index (χ3v) is 8.26. The zero-order valence-corrected chi connectivity index (χ0v) is 24.9. The van der Waals surface area contributed by atoms with Gasteiger partial charge in [0.15, 0.2) is 0 Å². The lowest BCUT2D eigenvalue weighted by Crippen LogP contribution is -2.38. The number of carboxylic acids is 1. The fraction of sp³-hybridized carbons (Fsp3) is 0.250. The van der Waals surface area contributed by atoms with Crippen LogP contribution in [-0.4, -0.2) is 27.0 Å². The topological polar surface area (TPSA) is 125 Å².